The number of non-ortho nitro benzene ring substituents is 1. The predicted molar refractivity (Wildman–Crippen MR) is 71.8 cm³/mol. The van der Waals surface area contributed by atoms with Gasteiger partial charge in [-0.3, -0.25) is 10.1 Å². The van der Waals surface area contributed by atoms with Gasteiger partial charge in [-0.2, -0.15) is 0 Å². The number of hydrogen-bond acceptors (Lipinski definition) is 4. The van der Waals surface area contributed by atoms with Gasteiger partial charge in [-0.1, -0.05) is 13.3 Å². The molecule has 1 unspecified atom stereocenters. The molecule has 5 heteroatoms. The van der Waals surface area contributed by atoms with E-state index in [4.69, 9.17) is 5.11 Å². The van der Waals surface area contributed by atoms with Crippen LogP contribution in [0.3, 0.4) is 0 Å². The van der Waals surface area contributed by atoms with E-state index >= 15 is 0 Å². The van der Waals surface area contributed by atoms with Gasteiger partial charge < -0.3 is 10.4 Å². The summed E-state index contributed by atoms with van der Waals surface area (Å²) in [7, 11) is 0. The summed E-state index contributed by atoms with van der Waals surface area (Å²) in [4.78, 5) is 10.2. The molecule has 0 aliphatic rings. The molecule has 2 N–H and O–H groups in total. The summed E-state index contributed by atoms with van der Waals surface area (Å²) >= 11 is 0. The van der Waals surface area contributed by atoms with Crippen molar-refractivity contribution in [2.75, 3.05) is 18.5 Å². The largest absolute Gasteiger partial charge is 0.396 e. The molecule has 100 valence electrons. The zero-order valence-corrected chi connectivity index (χ0v) is 10.8. The number of nitrogens with one attached hydrogen (secondary N) is 1. The molecule has 0 amide bonds. The molecule has 0 radical (unpaired) electrons. The lowest BCUT2D eigenvalue weighted by Gasteiger charge is -2.16. The van der Waals surface area contributed by atoms with Crippen molar-refractivity contribution >= 4 is 11.4 Å². The molecule has 0 heterocycles. The molecule has 5 nitrogen and oxygen atoms in total. The minimum atomic E-state index is -0.391. The van der Waals surface area contributed by atoms with Gasteiger partial charge in [0.05, 0.1) is 4.92 Å². The Morgan fingerprint density at radius 3 is 2.72 bits per heavy atom. The Hall–Kier alpha value is -1.62. The Kier molecular flexibility index (Phi) is 5.58. The first-order valence-corrected chi connectivity index (χ1v) is 6.18. The minimum absolute atomic E-state index is 0.112. The maximum atomic E-state index is 10.6. The van der Waals surface area contributed by atoms with Gasteiger partial charge in [0.25, 0.3) is 5.69 Å². The summed E-state index contributed by atoms with van der Waals surface area (Å²) in [5.74, 6) is 0.421. The maximum Gasteiger partial charge on any atom is 0.269 e. The minimum Gasteiger partial charge on any atom is -0.396 e. The first-order valence-electron chi connectivity index (χ1n) is 6.18. The summed E-state index contributed by atoms with van der Waals surface area (Å²) in [6.07, 6.45) is 1.77. The third kappa shape index (κ3) is 4.00. The average Bonchev–Trinajstić information content (AvgIpc) is 2.35. The van der Waals surface area contributed by atoms with Crippen LogP contribution in [0, 0.1) is 23.0 Å². The van der Waals surface area contributed by atoms with Crippen molar-refractivity contribution in [3.8, 4) is 0 Å². The fourth-order valence-corrected chi connectivity index (χ4v) is 1.85. The fourth-order valence-electron chi connectivity index (χ4n) is 1.85. The number of nitro groups is 1. The summed E-state index contributed by atoms with van der Waals surface area (Å²) < 4.78 is 0. The molecule has 0 fully saturated rings. The van der Waals surface area contributed by atoms with Crippen molar-refractivity contribution in [3.05, 3.63) is 33.9 Å². The third-order valence-electron chi connectivity index (χ3n) is 3.12. The van der Waals surface area contributed by atoms with E-state index in [1.165, 1.54) is 6.07 Å². The Labute approximate surface area is 107 Å². The quantitative estimate of drug-likeness (QED) is 0.578. The van der Waals surface area contributed by atoms with Crippen LogP contribution in [0.1, 0.15) is 25.3 Å². The van der Waals surface area contributed by atoms with Gasteiger partial charge >= 0.3 is 0 Å². The van der Waals surface area contributed by atoms with Crippen LogP contribution in [-0.2, 0) is 0 Å². The van der Waals surface area contributed by atoms with Crippen LogP contribution < -0.4 is 5.32 Å². The molecule has 0 aliphatic heterocycles. The first kappa shape index (κ1) is 14.4. The molecule has 0 aliphatic carbocycles. The maximum absolute atomic E-state index is 10.6. The number of aliphatic hydroxyl groups excluding tert-OH is 1. The summed E-state index contributed by atoms with van der Waals surface area (Å²) in [5.41, 5.74) is 1.89. The topological polar surface area (TPSA) is 75.4 Å². The summed E-state index contributed by atoms with van der Waals surface area (Å²) in [6, 6.07) is 4.80. The van der Waals surface area contributed by atoms with Crippen molar-refractivity contribution in [2.45, 2.75) is 26.7 Å². The van der Waals surface area contributed by atoms with Gasteiger partial charge in [-0.25, -0.2) is 0 Å². The number of benzene rings is 1. The molecule has 1 rings (SSSR count). The lowest BCUT2D eigenvalue weighted by atomic mass is 10.0. The van der Waals surface area contributed by atoms with Crippen LogP contribution in [0.4, 0.5) is 11.4 Å². The van der Waals surface area contributed by atoms with E-state index < -0.39 is 4.92 Å². The highest BCUT2D eigenvalue weighted by Gasteiger charge is 2.09. The summed E-state index contributed by atoms with van der Waals surface area (Å²) in [5, 5.41) is 22.8. The normalized spacial score (nSPS) is 12.2. The lowest BCUT2D eigenvalue weighted by Crippen LogP contribution is -2.15. The van der Waals surface area contributed by atoms with Crippen molar-refractivity contribution < 1.29 is 10.0 Å². The number of aryl methyl sites for hydroxylation is 1. The second-order valence-electron chi connectivity index (χ2n) is 4.42. The average molecular weight is 252 g/mol. The van der Waals surface area contributed by atoms with E-state index in [9.17, 15) is 10.1 Å². The highest BCUT2D eigenvalue weighted by atomic mass is 16.6. The van der Waals surface area contributed by atoms with Gasteiger partial charge in [-0.15, -0.1) is 0 Å². The van der Waals surface area contributed by atoms with E-state index in [0.717, 1.165) is 30.6 Å². The molecular weight excluding hydrogens is 232 g/mol. The van der Waals surface area contributed by atoms with Crippen LogP contribution in [0.5, 0.6) is 0 Å². The smallest absolute Gasteiger partial charge is 0.269 e. The van der Waals surface area contributed by atoms with Crippen molar-refractivity contribution in [1.82, 2.24) is 0 Å². The van der Waals surface area contributed by atoms with Gasteiger partial charge in [0.2, 0.25) is 0 Å². The number of nitrogens with zero attached hydrogens (tertiary/aromatic N) is 1. The van der Waals surface area contributed by atoms with Crippen LogP contribution >= 0.6 is 0 Å². The van der Waals surface area contributed by atoms with Crippen LogP contribution in [0.15, 0.2) is 18.2 Å². The zero-order chi connectivity index (χ0) is 13.5. The molecule has 0 saturated heterocycles. The molecule has 0 bridgehead atoms. The highest BCUT2D eigenvalue weighted by molar-refractivity contribution is 5.55. The van der Waals surface area contributed by atoms with Crippen LogP contribution in [-0.4, -0.2) is 23.2 Å². The summed E-state index contributed by atoms with van der Waals surface area (Å²) in [6.45, 7) is 4.90. The number of nitro benzene ring substituents is 1. The number of rotatable bonds is 7. The molecule has 18 heavy (non-hydrogen) atoms. The molecule has 0 aromatic heterocycles. The third-order valence-corrected chi connectivity index (χ3v) is 3.12. The van der Waals surface area contributed by atoms with Crippen LogP contribution in [0.2, 0.25) is 0 Å². The molecule has 0 saturated carbocycles. The van der Waals surface area contributed by atoms with Crippen molar-refractivity contribution in [1.29, 1.82) is 0 Å². The molecular formula is C13H20N2O3. The fraction of sp³-hybridized carbons (Fsp3) is 0.538. The second kappa shape index (κ2) is 6.96. The molecule has 1 aromatic carbocycles. The number of anilines is 1. The predicted octanol–water partition coefficient (Wildman–Crippen LogP) is 2.72. The second-order valence-corrected chi connectivity index (χ2v) is 4.42. The van der Waals surface area contributed by atoms with Gasteiger partial charge in [-0.05, 0) is 30.9 Å². The van der Waals surface area contributed by atoms with E-state index in [0.29, 0.717) is 5.92 Å². The monoisotopic (exact) mass is 252 g/mol. The Bertz CT molecular complexity index is 407. The van der Waals surface area contributed by atoms with E-state index in [1.54, 1.807) is 12.1 Å². The van der Waals surface area contributed by atoms with E-state index in [1.807, 2.05) is 6.92 Å². The molecule has 1 aromatic rings. The lowest BCUT2D eigenvalue weighted by molar-refractivity contribution is -0.384. The highest BCUT2D eigenvalue weighted by Crippen LogP contribution is 2.21. The van der Waals surface area contributed by atoms with Gasteiger partial charge in [0.1, 0.15) is 0 Å². The van der Waals surface area contributed by atoms with Crippen molar-refractivity contribution in [2.24, 2.45) is 5.92 Å². The Balaban J connectivity index is 2.65. The number of aliphatic hydroxyl groups is 1. The standard InChI is InChI=1S/C13H20N2O3/c1-3-11(6-7-16)9-14-13-5-4-12(15(17)18)8-10(13)2/h4-5,8,11,14,16H,3,6-7,9H2,1-2H3. The zero-order valence-electron chi connectivity index (χ0n) is 10.8. The Morgan fingerprint density at radius 2 is 2.22 bits per heavy atom. The van der Waals surface area contributed by atoms with Crippen molar-refractivity contribution in [3.63, 3.8) is 0 Å². The van der Waals surface area contributed by atoms with E-state index in [2.05, 4.69) is 12.2 Å². The van der Waals surface area contributed by atoms with Crippen LogP contribution in [0.25, 0.3) is 0 Å². The van der Waals surface area contributed by atoms with Gasteiger partial charge in [0, 0.05) is 31.0 Å². The molecule has 0 spiro atoms. The molecule has 1 atom stereocenters. The first-order chi connectivity index (χ1) is 8.58. The van der Waals surface area contributed by atoms with Gasteiger partial charge in [0.15, 0.2) is 0 Å². The Morgan fingerprint density at radius 1 is 1.50 bits per heavy atom. The number of hydrogen-bond donors (Lipinski definition) is 2. The van der Waals surface area contributed by atoms with E-state index in [-0.39, 0.29) is 12.3 Å². The SMILES string of the molecule is CCC(CCO)CNc1ccc([N+](=O)[O-])cc1C.